The minimum absolute atomic E-state index is 0.0964. The molecule has 3 rings (SSSR count). The first-order valence-electron chi connectivity index (χ1n) is 5.27. The molecule has 3 aromatic rings. The van der Waals surface area contributed by atoms with E-state index in [-0.39, 0.29) is 16.7 Å². The van der Waals surface area contributed by atoms with Gasteiger partial charge in [0.25, 0.3) is 5.69 Å². The van der Waals surface area contributed by atoms with Crippen LogP contribution in [-0.2, 0) is 0 Å². The zero-order valence-corrected chi connectivity index (χ0v) is 9.12. The molecule has 5 heteroatoms. The predicted molar refractivity (Wildman–Crippen MR) is 66.6 cm³/mol. The highest BCUT2D eigenvalue weighted by molar-refractivity contribution is 5.90. The Morgan fingerprint density at radius 2 is 1.72 bits per heavy atom. The van der Waals surface area contributed by atoms with Crippen LogP contribution in [0.2, 0.25) is 0 Å². The fourth-order valence-electron chi connectivity index (χ4n) is 1.90. The molecule has 0 aliphatic carbocycles. The number of benzene rings is 2. The van der Waals surface area contributed by atoms with E-state index >= 15 is 0 Å². The fourth-order valence-corrected chi connectivity index (χ4v) is 1.90. The number of rotatable bonds is 1. The summed E-state index contributed by atoms with van der Waals surface area (Å²) in [5, 5.41) is 11.5. The van der Waals surface area contributed by atoms with Crippen molar-refractivity contribution >= 4 is 27.6 Å². The van der Waals surface area contributed by atoms with Gasteiger partial charge >= 0.3 is 0 Å². The molecule has 0 fully saturated rings. The molecule has 0 amide bonds. The van der Waals surface area contributed by atoms with Crippen molar-refractivity contribution in [2.24, 2.45) is 0 Å². The standard InChI is InChI=1S/C13H7NO4/c15-13-9-3-1-2-4-11(9)18-12-7-8(14(16)17)5-6-10(12)13/h1-7H. The Bertz CT molecular complexity index is 835. The molecular formula is C13H7NO4. The smallest absolute Gasteiger partial charge is 0.273 e. The molecule has 0 aliphatic heterocycles. The molecule has 5 nitrogen and oxygen atoms in total. The summed E-state index contributed by atoms with van der Waals surface area (Å²) in [7, 11) is 0. The Morgan fingerprint density at radius 1 is 1.00 bits per heavy atom. The Labute approximate surface area is 100 Å². The van der Waals surface area contributed by atoms with Crippen LogP contribution in [0.1, 0.15) is 0 Å². The summed E-state index contributed by atoms with van der Waals surface area (Å²) in [5.74, 6) is 0. The van der Waals surface area contributed by atoms with Crippen molar-refractivity contribution in [2.45, 2.75) is 0 Å². The molecule has 0 N–H and O–H groups in total. The summed E-state index contributed by atoms with van der Waals surface area (Å²) in [6, 6.07) is 10.8. The highest BCUT2D eigenvalue weighted by Crippen LogP contribution is 2.22. The molecule has 18 heavy (non-hydrogen) atoms. The second-order valence-corrected chi connectivity index (χ2v) is 3.86. The van der Waals surface area contributed by atoms with E-state index in [2.05, 4.69) is 0 Å². The van der Waals surface area contributed by atoms with E-state index in [1.165, 1.54) is 18.2 Å². The van der Waals surface area contributed by atoms with Crippen molar-refractivity contribution in [3.63, 3.8) is 0 Å². The van der Waals surface area contributed by atoms with Gasteiger partial charge in [0.15, 0.2) is 0 Å². The summed E-state index contributed by atoms with van der Waals surface area (Å²) in [6.07, 6.45) is 0. The lowest BCUT2D eigenvalue weighted by Crippen LogP contribution is -2.02. The molecular weight excluding hydrogens is 234 g/mol. The van der Waals surface area contributed by atoms with Crippen molar-refractivity contribution in [2.75, 3.05) is 0 Å². The molecule has 0 unspecified atom stereocenters. The topological polar surface area (TPSA) is 73.3 Å². The van der Waals surface area contributed by atoms with E-state index in [0.717, 1.165) is 0 Å². The lowest BCUT2D eigenvalue weighted by molar-refractivity contribution is -0.384. The van der Waals surface area contributed by atoms with Crippen molar-refractivity contribution in [1.29, 1.82) is 0 Å². The molecule has 0 atom stereocenters. The second-order valence-electron chi connectivity index (χ2n) is 3.86. The van der Waals surface area contributed by atoms with Gasteiger partial charge in [-0.15, -0.1) is 0 Å². The maximum Gasteiger partial charge on any atom is 0.273 e. The third-order valence-corrected chi connectivity index (χ3v) is 2.77. The van der Waals surface area contributed by atoms with Crippen molar-refractivity contribution < 1.29 is 9.34 Å². The van der Waals surface area contributed by atoms with Gasteiger partial charge in [-0.2, -0.15) is 0 Å². The summed E-state index contributed by atoms with van der Waals surface area (Å²) in [6.45, 7) is 0. The van der Waals surface area contributed by atoms with Crippen LogP contribution in [0.15, 0.2) is 51.7 Å². The van der Waals surface area contributed by atoms with Gasteiger partial charge in [-0.1, -0.05) is 12.1 Å². The van der Waals surface area contributed by atoms with Crippen LogP contribution < -0.4 is 5.43 Å². The fraction of sp³-hybridized carbons (Fsp3) is 0. The molecule has 0 bridgehead atoms. The number of non-ortho nitro benzene ring substituents is 1. The predicted octanol–water partition coefficient (Wildman–Crippen LogP) is 2.85. The summed E-state index contributed by atoms with van der Waals surface area (Å²) < 4.78 is 5.51. The minimum atomic E-state index is -0.519. The van der Waals surface area contributed by atoms with Gasteiger partial charge in [-0.25, -0.2) is 0 Å². The normalized spacial score (nSPS) is 10.9. The molecule has 0 saturated carbocycles. The van der Waals surface area contributed by atoms with E-state index in [0.29, 0.717) is 16.4 Å². The Balaban J connectivity index is 2.48. The average Bonchev–Trinajstić information content (AvgIpc) is 2.38. The third-order valence-electron chi connectivity index (χ3n) is 2.77. The number of nitro benzene ring substituents is 1. The van der Waals surface area contributed by atoms with E-state index in [9.17, 15) is 14.9 Å². The van der Waals surface area contributed by atoms with Crippen LogP contribution in [0.3, 0.4) is 0 Å². The summed E-state index contributed by atoms with van der Waals surface area (Å²) in [5.41, 5.74) is 0.381. The summed E-state index contributed by atoms with van der Waals surface area (Å²) in [4.78, 5) is 22.3. The molecule has 1 aromatic heterocycles. The number of fused-ring (bicyclic) bond motifs is 2. The molecule has 0 spiro atoms. The zero-order chi connectivity index (χ0) is 12.7. The first-order valence-corrected chi connectivity index (χ1v) is 5.27. The number of hydrogen-bond donors (Lipinski definition) is 0. The van der Waals surface area contributed by atoms with E-state index in [4.69, 9.17) is 4.42 Å². The SMILES string of the molecule is O=c1c2ccccc2oc2cc([N+](=O)[O-])ccc12. The molecule has 0 aliphatic rings. The van der Waals surface area contributed by atoms with Crippen LogP contribution in [0.25, 0.3) is 21.9 Å². The Morgan fingerprint density at radius 3 is 2.50 bits per heavy atom. The van der Waals surface area contributed by atoms with E-state index in [1.807, 2.05) is 0 Å². The Kier molecular flexibility index (Phi) is 2.13. The van der Waals surface area contributed by atoms with Crippen LogP contribution in [0, 0.1) is 10.1 Å². The van der Waals surface area contributed by atoms with Gasteiger partial charge in [-0.3, -0.25) is 14.9 Å². The van der Waals surface area contributed by atoms with Crippen molar-refractivity contribution in [3.05, 3.63) is 62.8 Å². The molecule has 88 valence electrons. The molecule has 2 aromatic carbocycles. The lowest BCUT2D eigenvalue weighted by atomic mass is 10.1. The average molecular weight is 241 g/mol. The lowest BCUT2D eigenvalue weighted by Gasteiger charge is -2.00. The number of nitro groups is 1. The van der Waals surface area contributed by atoms with E-state index < -0.39 is 4.92 Å². The highest BCUT2D eigenvalue weighted by Gasteiger charge is 2.11. The highest BCUT2D eigenvalue weighted by atomic mass is 16.6. The van der Waals surface area contributed by atoms with Gasteiger partial charge in [0.2, 0.25) is 5.43 Å². The molecule has 0 saturated heterocycles. The number of nitrogens with zero attached hydrogens (tertiary/aromatic N) is 1. The van der Waals surface area contributed by atoms with E-state index in [1.54, 1.807) is 24.3 Å². The quantitative estimate of drug-likeness (QED) is 0.373. The van der Waals surface area contributed by atoms with Crippen LogP contribution in [-0.4, -0.2) is 4.92 Å². The first-order chi connectivity index (χ1) is 8.66. The molecule has 0 radical (unpaired) electrons. The van der Waals surface area contributed by atoms with Crippen LogP contribution in [0.4, 0.5) is 5.69 Å². The maximum atomic E-state index is 12.1. The largest absolute Gasteiger partial charge is 0.456 e. The third kappa shape index (κ3) is 1.45. The van der Waals surface area contributed by atoms with Gasteiger partial charge in [0.05, 0.1) is 21.8 Å². The zero-order valence-electron chi connectivity index (χ0n) is 9.12. The maximum absolute atomic E-state index is 12.1. The van der Waals surface area contributed by atoms with Gasteiger partial charge < -0.3 is 4.42 Å². The van der Waals surface area contributed by atoms with Gasteiger partial charge in [0, 0.05) is 6.07 Å². The van der Waals surface area contributed by atoms with Crippen molar-refractivity contribution in [3.8, 4) is 0 Å². The van der Waals surface area contributed by atoms with Crippen LogP contribution in [0.5, 0.6) is 0 Å². The first kappa shape index (κ1) is 10.5. The summed E-state index contributed by atoms with van der Waals surface area (Å²) >= 11 is 0. The Hall–Kier alpha value is -2.69. The second kappa shape index (κ2) is 3.66. The van der Waals surface area contributed by atoms with Gasteiger partial charge in [0.1, 0.15) is 11.2 Å². The van der Waals surface area contributed by atoms with Gasteiger partial charge in [-0.05, 0) is 18.2 Å². The number of hydrogen-bond acceptors (Lipinski definition) is 4. The molecule has 1 heterocycles. The van der Waals surface area contributed by atoms with Crippen molar-refractivity contribution in [1.82, 2.24) is 0 Å². The monoisotopic (exact) mass is 241 g/mol. The minimum Gasteiger partial charge on any atom is -0.456 e. The number of para-hydroxylation sites is 1. The van der Waals surface area contributed by atoms with Crippen LogP contribution >= 0.6 is 0 Å².